The second kappa shape index (κ2) is 20.0. The molecular weight excluding hydrogens is 1020 g/mol. The standard InChI is InChI=1S/C46H48N4O15S4.K/c1-45(2)38(48(5)34-17-15-30-32(43(34)45)24-28(66(54,55)56)26-36(30)68(60,61)62)12-8-6-9-13-39-46(3,4)44-33-25-29(67(57,58)59)27-37(69(63,64)65)31(33)16-18-35(44)49(39)22-11-7-10-14-40(51)47-21-23-50-41(52)19-20-42(50)53;/h6,8-9,12-13,15-20,24-27H,7,10-11,14,21-23H2,1-5H3,(H4-,47,51,54,55,56,57,58,59,60,61,62,63,64,65);. The van der Waals surface area contributed by atoms with Crippen LogP contribution in [0.1, 0.15) is 64.5 Å². The Hall–Kier alpha value is -4.28. The number of benzene rings is 4. The van der Waals surface area contributed by atoms with Crippen LogP contribution in [-0.4, -0.2) is 163 Å². The Balaban J connectivity index is 0.00000804. The van der Waals surface area contributed by atoms with Crippen molar-refractivity contribution in [3.63, 3.8) is 0 Å². The van der Waals surface area contributed by atoms with Gasteiger partial charge in [0.25, 0.3) is 42.2 Å². The quantitative estimate of drug-likeness (QED) is 0.0296. The second-order valence-electron chi connectivity index (χ2n) is 17.8. The molecule has 0 unspecified atom stereocenters. The minimum Gasteiger partial charge on any atom is -0.744 e. The van der Waals surface area contributed by atoms with Gasteiger partial charge in [0.2, 0.25) is 11.6 Å². The van der Waals surface area contributed by atoms with Crippen molar-refractivity contribution >= 4 is 148 Å². The first-order valence-electron chi connectivity index (χ1n) is 21.3. The van der Waals surface area contributed by atoms with Gasteiger partial charge >= 0.3 is 0 Å². The van der Waals surface area contributed by atoms with Crippen LogP contribution in [0.25, 0.3) is 21.5 Å². The van der Waals surface area contributed by atoms with Gasteiger partial charge in [-0.15, -0.1) is 0 Å². The fourth-order valence-corrected chi connectivity index (χ4v) is 12.2. The Kier molecular flexibility index (Phi) is 15.7. The third-order valence-corrected chi connectivity index (χ3v) is 16.1. The topological polar surface area (TPSA) is 293 Å². The van der Waals surface area contributed by atoms with Crippen LogP contribution in [0, 0.1) is 0 Å². The minimum atomic E-state index is -5.18. The number of anilines is 1. The van der Waals surface area contributed by atoms with Crippen molar-refractivity contribution in [2.24, 2.45) is 0 Å². The van der Waals surface area contributed by atoms with Gasteiger partial charge in [-0.25, -0.2) is 8.42 Å². The van der Waals surface area contributed by atoms with Crippen molar-refractivity contribution in [2.75, 3.05) is 31.6 Å². The normalized spacial score (nSPS) is 17.5. The molecule has 0 aliphatic carbocycles. The fourth-order valence-electron chi connectivity index (χ4n) is 9.53. The van der Waals surface area contributed by atoms with Crippen molar-refractivity contribution in [2.45, 2.75) is 83.8 Å². The summed E-state index contributed by atoms with van der Waals surface area (Å²) in [4.78, 5) is 36.2. The number of imide groups is 1. The van der Waals surface area contributed by atoms with Crippen LogP contribution in [0.2, 0.25) is 0 Å². The van der Waals surface area contributed by atoms with E-state index in [9.17, 15) is 66.3 Å². The van der Waals surface area contributed by atoms with Crippen LogP contribution < -0.4 is 10.2 Å². The maximum atomic E-state index is 12.6. The van der Waals surface area contributed by atoms with Gasteiger partial charge in [0.1, 0.15) is 22.1 Å². The number of fused-ring (bicyclic) bond motifs is 6. The monoisotopic (exact) mass is 1060 g/mol. The number of hydrogen-bond acceptors (Lipinski definition) is 13. The van der Waals surface area contributed by atoms with Crippen molar-refractivity contribution < 1.29 is 70.8 Å². The van der Waals surface area contributed by atoms with Crippen molar-refractivity contribution in [1.29, 1.82) is 0 Å². The average molecular weight is 1060 g/mol. The number of unbranched alkanes of at least 4 members (excludes halogenated alkanes) is 2. The average Bonchev–Trinajstić information content (AvgIpc) is 3.75. The Morgan fingerprint density at radius 3 is 1.84 bits per heavy atom. The van der Waals surface area contributed by atoms with Crippen molar-refractivity contribution in [1.82, 2.24) is 10.2 Å². The summed E-state index contributed by atoms with van der Waals surface area (Å²) < 4.78 is 143. The summed E-state index contributed by atoms with van der Waals surface area (Å²) in [7, 11) is -18.3. The van der Waals surface area contributed by atoms with E-state index < -0.39 is 82.7 Å². The molecule has 4 aromatic rings. The zero-order valence-corrected chi connectivity index (χ0v) is 45.2. The maximum absolute atomic E-state index is 12.6. The number of allylic oxidation sites excluding steroid dienone is 6. The summed E-state index contributed by atoms with van der Waals surface area (Å²) in [5.41, 5.74) is 1.72. The zero-order valence-electron chi connectivity index (χ0n) is 38.8. The molecule has 0 spiro atoms. The van der Waals surface area contributed by atoms with Crippen LogP contribution >= 0.6 is 0 Å². The first-order valence-corrected chi connectivity index (χ1v) is 27.0. The molecule has 24 heteroatoms. The molecule has 0 aromatic heterocycles. The van der Waals surface area contributed by atoms with E-state index in [-0.39, 0.29) is 98.3 Å². The van der Waals surface area contributed by atoms with Crippen LogP contribution in [0.15, 0.2) is 116 Å². The summed E-state index contributed by atoms with van der Waals surface area (Å²) in [6.07, 6.45) is 13.0. The summed E-state index contributed by atoms with van der Waals surface area (Å²) >= 11 is 0. The number of carbonyl (C=O) groups excluding carboxylic acids is 3. The Morgan fingerprint density at radius 2 is 1.26 bits per heavy atom. The van der Waals surface area contributed by atoms with Gasteiger partial charge < -0.3 is 14.8 Å². The van der Waals surface area contributed by atoms with Crippen molar-refractivity contribution in [3.8, 4) is 0 Å². The third-order valence-electron chi connectivity index (χ3n) is 12.6. The summed E-state index contributed by atoms with van der Waals surface area (Å²) in [5.74, 6) is -1.16. The molecule has 3 aliphatic heterocycles. The third kappa shape index (κ3) is 10.7. The molecule has 0 bridgehead atoms. The number of nitrogens with one attached hydrogen (secondary N) is 1. The number of amides is 3. The minimum absolute atomic E-state index is 0. The van der Waals surface area contributed by atoms with Gasteiger partial charge in [0.15, 0.2) is 5.71 Å². The first-order chi connectivity index (χ1) is 32.0. The van der Waals surface area contributed by atoms with E-state index in [1.54, 1.807) is 43.5 Å². The molecule has 4 aromatic carbocycles. The van der Waals surface area contributed by atoms with E-state index in [0.29, 0.717) is 71.9 Å². The molecule has 367 valence electrons. The molecule has 0 saturated carbocycles. The predicted molar refractivity (Wildman–Crippen MR) is 259 cm³/mol. The van der Waals surface area contributed by atoms with Gasteiger partial charge in [-0.1, -0.05) is 44.6 Å². The number of hydrogen-bond donors (Lipinski definition) is 4. The van der Waals surface area contributed by atoms with E-state index in [1.165, 1.54) is 12.1 Å². The molecule has 0 atom stereocenters. The van der Waals surface area contributed by atoms with Gasteiger partial charge in [-0.3, -0.25) is 32.9 Å². The molecule has 3 heterocycles. The summed E-state index contributed by atoms with van der Waals surface area (Å²) in [6.45, 7) is 7.88. The van der Waals surface area contributed by atoms with E-state index in [4.69, 9.17) is 0 Å². The number of carbonyl (C=O) groups is 3. The molecular formula is C46H48KN4O15S4. The fraction of sp³-hybridized carbons (Fsp3) is 0.304. The van der Waals surface area contributed by atoms with Gasteiger partial charge in [0.05, 0.1) is 20.1 Å². The van der Waals surface area contributed by atoms with Crippen LogP contribution in [0.5, 0.6) is 0 Å². The molecule has 3 aliphatic rings. The van der Waals surface area contributed by atoms with E-state index >= 15 is 0 Å². The van der Waals surface area contributed by atoms with Gasteiger partial charge in [-0.05, 0) is 85.5 Å². The van der Waals surface area contributed by atoms with E-state index in [2.05, 4.69) is 5.32 Å². The van der Waals surface area contributed by atoms with Crippen LogP contribution in [0.3, 0.4) is 0 Å². The Labute approximate surface area is 448 Å². The van der Waals surface area contributed by atoms with Gasteiger partial charge in [0, 0.05) is 135 Å². The summed E-state index contributed by atoms with van der Waals surface area (Å²) in [6, 6.07) is 9.76. The number of nitrogens with zero attached hydrogens (tertiary/aromatic N) is 3. The van der Waals surface area contributed by atoms with Crippen LogP contribution in [-0.2, 0) is 65.7 Å². The molecule has 4 N–H and O–H groups in total. The molecule has 1 radical (unpaired) electrons. The Bertz CT molecular complexity index is 3530. The molecule has 7 rings (SSSR count). The summed E-state index contributed by atoms with van der Waals surface area (Å²) in [5, 5.41) is 3.02. The Morgan fingerprint density at radius 1 is 0.686 bits per heavy atom. The molecule has 0 saturated heterocycles. The van der Waals surface area contributed by atoms with Crippen molar-refractivity contribution in [3.05, 3.63) is 108 Å². The predicted octanol–water partition coefficient (Wildman–Crippen LogP) is 4.66. The molecule has 0 fully saturated rings. The second-order valence-corrected chi connectivity index (χ2v) is 23.4. The molecule has 3 amide bonds. The zero-order chi connectivity index (χ0) is 50.8. The molecule has 19 nitrogen and oxygen atoms in total. The largest absolute Gasteiger partial charge is 0.744 e. The first kappa shape index (κ1) is 55.0. The molecule has 70 heavy (non-hydrogen) atoms. The van der Waals surface area contributed by atoms with E-state index in [0.717, 1.165) is 29.2 Å². The van der Waals surface area contributed by atoms with Gasteiger partial charge in [-0.2, -0.15) is 29.8 Å². The SMILES string of the molecule is C[N+]1=C(C=CC=CC=C2N(CCCCCC(=O)NCCN3C(=O)C=CC3=O)c3ccc4c(S(=O)(=O)O)cc(S(=O)(=O)O)cc4c3C2(C)C)C(C)(C)c2c1ccc1c(S(=O)(=O)[O-])cc(S(=O)(=O)O)cc21.[K]. The smallest absolute Gasteiger partial charge is 0.295 e. The van der Waals surface area contributed by atoms with E-state index in [1.807, 2.05) is 43.2 Å². The maximum Gasteiger partial charge on any atom is 0.295 e. The number of rotatable bonds is 16. The van der Waals surface area contributed by atoms with Crippen LogP contribution in [0.4, 0.5) is 11.4 Å².